The van der Waals surface area contributed by atoms with Crippen LogP contribution >= 0.6 is 46.2 Å². The number of benzene rings is 10. The Morgan fingerprint density at radius 3 is 1.27 bits per heavy atom. The Balaban J connectivity index is 0.950. The number of thiophene rings is 2. The Labute approximate surface area is 456 Å². The molecule has 10 aromatic carbocycles. The Bertz CT molecular complexity index is 4110. The predicted molar refractivity (Wildman–Crippen MR) is 330 cm³/mol. The normalized spacial score (nSPS) is 13.1. The number of para-hydroxylation sites is 2. The highest BCUT2D eigenvalue weighted by molar-refractivity contribution is 8.01. The molecule has 12 aromatic rings. The molecule has 0 bridgehead atoms. The third-order valence-electron chi connectivity index (χ3n) is 15.3. The van der Waals surface area contributed by atoms with Crippen LogP contribution in [0.25, 0.3) is 51.5 Å². The van der Waals surface area contributed by atoms with Crippen molar-refractivity contribution in [3.05, 3.63) is 223 Å². The maximum atomic E-state index is 2.50. The third-order valence-corrected chi connectivity index (χ3v) is 19.8. The van der Waals surface area contributed by atoms with Crippen molar-refractivity contribution in [2.24, 2.45) is 0 Å². The first-order chi connectivity index (χ1) is 36.4. The SMILES string of the molecule is CC(C)(C)c1ccc(N(c2ccc(C(C)(C)C)cc2)c2ccc3c(c2)Sc2cc(-c4ccc5sc6ccc7sc8ccccc8c7c6c5c4)cc4c2B3c2ccc(N(c3ccccc3)c3ccccc3)cc2S4)cc1. The van der Waals surface area contributed by atoms with Crippen LogP contribution < -0.4 is 26.2 Å². The van der Waals surface area contributed by atoms with Gasteiger partial charge in [0.2, 0.25) is 6.71 Å². The largest absolute Gasteiger partial charge is 0.310 e. The second-order valence-corrected chi connectivity index (χ2v) is 26.5. The summed E-state index contributed by atoms with van der Waals surface area (Å²) >= 11 is 7.68. The molecule has 0 spiro atoms. The van der Waals surface area contributed by atoms with Gasteiger partial charge < -0.3 is 9.80 Å². The van der Waals surface area contributed by atoms with Gasteiger partial charge in [0.1, 0.15) is 0 Å². The molecule has 362 valence electrons. The average Bonchev–Trinajstić information content (AvgIpc) is 4.02. The summed E-state index contributed by atoms with van der Waals surface area (Å²) in [5.41, 5.74) is 16.2. The number of rotatable bonds is 7. The van der Waals surface area contributed by atoms with E-state index in [-0.39, 0.29) is 17.5 Å². The van der Waals surface area contributed by atoms with Crippen LogP contribution in [-0.2, 0) is 10.8 Å². The van der Waals surface area contributed by atoms with Crippen LogP contribution in [0, 0.1) is 0 Å². The van der Waals surface area contributed by atoms with E-state index in [0.717, 1.165) is 34.1 Å². The lowest BCUT2D eigenvalue weighted by molar-refractivity contribution is 0.590. The van der Waals surface area contributed by atoms with Gasteiger partial charge in [-0.15, -0.1) is 22.7 Å². The van der Waals surface area contributed by atoms with Crippen LogP contribution in [0.4, 0.5) is 34.1 Å². The molecule has 2 aromatic heterocycles. The van der Waals surface area contributed by atoms with E-state index in [1.165, 1.54) is 98.6 Å². The van der Waals surface area contributed by atoms with Crippen LogP contribution in [0.3, 0.4) is 0 Å². The number of fused-ring (bicyclic) bond motifs is 11. The van der Waals surface area contributed by atoms with E-state index in [1.807, 2.05) is 46.2 Å². The first kappa shape index (κ1) is 46.5. The number of nitrogens with zero attached hydrogens (tertiary/aromatic N) is 2. The van der Waals surface area contributed by atoms with Gasteiger partial charge in [-0.25, -0.2) is 0 Å². The second-order valence-electron chi connectivity index (χ2n) is 22.1. The molecule has 0 amide bonds. The molecule has 0 atom stereocenters. The van der Waals surface area contributed by atoms with Crippen molar-refractivity contribution in [3.8, 4) is 11.1 Å². The highest BCUT2D eigenvalue weighted by atomic mass is 32.2. The minimum absolute atomic E-state index is 0.0522. The molecular formula is C68H53BN2S4. The van der Waals surface area contributed by atoms with Crippen molar-refractivity contribution in [1.29, 1.82) is 0 Å². The van der Waals surface area contributed by atoms with Crippen molar-refractivity contribution in [1.82, 2.24) is 0 Å². The van der Waals surface area contributed by atoms with Crippen molar-refractivity contribution in [3.63, 3.8) is 0 Å². The van der Waals surface area contributed by atoms with Gasteiger partial charge in [-0.1, -0.05) is 173 Å². The van der Waals surface area contributed by atoms with E-state index in [0.29, 0.717) is 0 Å². The third kappa shape index (κ3) is 8.01. The first-order valence-corrected chi connectivity index (χ1v) is 29.2. The Kier molecular flexibility index (Phi) is 11.1. The lowest BCUT2D eigenvalue weighted by Crippen LogP contribution is -2.58. The van der Waals surface area contributed by atoms with Gasteiger partial charge in [-0.2, -0.15) is 0 Å². The van der Waals surface area contributed by atoms with Gasteiger partial charge in [0.15, 0.2) is 0 Å². The van der Waals surface area contributed by atoms with E-state index < -0.39 is 0 Å². The highest BCUT2D eigenvalue weighted by Gasteiger charge is 2.39. The maximum absolute atomic E-state index is 2.50. The standard InChI is InChI=1S/C68H53BN2S4/c1-67(2,3)44-22-26-48(27-23-44)71(49-28-24-45(25-29-49)68(4,5)6)51-31-33-55-61(41-51)75-63-39-43(42-21-34-57-53(37-42)65-59(73-57)36-35-58-64(65)52-19-13-14-20-56(52)72-58)38-62-66(63)69(55)54-32-30-50(40-60(54)74-62)70(46-15-9-7-10-16-46)47-17-11-8-12-18-47/h7-41H,1-6H3. The van der Waals surface area contributed by atoms with Gasteiger partial charge in [0.25, 0.3) is 0 Å². The zero-order valence-corrected chi connectivity index (χ0v) is 46.1. The average molecular weight is 1040 g/mol. The fourth-order valence-electron chi connectivity index (χ4n) is 11.4. The number of hydrogen-bond acceptors (Lipinski definition) is 6. The fourth-order valence-corrected chi connectivity index (χ4v) is 16.2. The monoisotopic (exact) mass is 1040 g/mol. The molecule has 2 aliphatic rings. The highest BCUT2D eigenvalue weighted by Crippen LogP contribution is 2.48. The summed E-state index contributed by atoms with van der Waals surface area (Å²) in [6, 6.07) is 80.2. The summed E-state index contributed by atoms with van der Waals surface area (Å²) in [6.07, 6.45) is 0. The predicted octanol–water partition coefficient (Wildman–Crippen LogP) is 19.1. The molecule has 2 aliphatic heterocycles. The molecule has 0 saturated heterocycles. The topological polar surface area (TPSA) is 6.48 Å². The van der Waals surface area contributed by atoms with Gasteiger partial charge in [-0.3, -0.25) is 0 Å². The summed E-state index contributed by atoms with van der Waals surface area (Å²) in [5, 5.41) is 5.45. The Hall–Kier alpha value is -7.00. The van der Waals surface area contributed by atoms with Crippen molar-refractivity contribution in [2.75, 3.05) is 9.80 Å². The summed E-state index contributed by atoms with van der Waals surface area (Å²) in [6.45, 7) is 13.8. The summed E-state index contributed by atoms with van der Waals surface area (Å²) in [7, 11) is 0. The van der Waals surface area contributed by atoms with Gasteiger partial charge >= 0.3 is 0 Å². The molecule has 0 aliphatic carbocycles. The van der Waals surface area contributed by atoms with Crippen LogP contribution in [0.5, 0.6) is 0 Å². The fraction of sp³-hybridized carbons (Fsp3) is 0.118. The molecule has 0 N–H and O–H groups in total. The first-order valence-electron chi connectivity index (χ1n) is 25.9. The molecule has 14 rings (SSSR count). The van der Waals surface area contributed by atoms with Gasteiger partial charge in [-0.05, 0) is 154 Å². The molecule has 4 heterocycles. The van der Waals surface area contributed by atoms with Crippen molar-refractivity contribution in [2.45, 2.75) is 72.0 Å². The van der Waals surface area contributed by atoms with E-state index in [1.54, 1.807) is 0 Å². The van der Waals surface area contributed by atoms with Crippen LogP contribution in [0.1, 0.15) is 52.7 Å². The van der Waals surface area contributed by atoms with Crippen LogP contribution in [0.2, 0.25) is 0 Å². The summed E-state index contributed by atoms with van der Waals surface area (Å²) in [5.74, 6) is 0. The molecule has 7 heteroatoms. The van der Waals surface area contributed by atoms with Crippen molar-refractivity contribution >= 4 is 144 Å². The van der Waals surface area contributed by atoms with E-state index in [9.17, 15) is 0 Å². The Morgan fingerprint density at radius 1 is 0.333 bits per heavy atom. The smallest absolute Gasteiger partial charge is 0.247 e. The van der Waals surface area contributed by atoms with Crippen molar-refractivity contribution < 1.29 is 0 Å². The van der Waals surface area contributed by atoms with E-state index >= 15 is 0 Å². The molecule has 0 unspecified atom stereocenters. The van der Waals surface area contributed by atoms with Gasteiger partial charge in [0.05, 0.1) is 0 Å². The zero-order valence-electron chi connectivity index (χ0n) is 42.8. The maximum Gasteiger partial charge on any atom is 0.247 e. The molecule has 0 radical (unpaired) electrons. The molecule has 75 heavy (non-hydrogen) atoms. The quantitative estimate of drug-likeness (QED) is 0.147. The Morgan fingerprint density at radius 2 is 0.760 bits per heavy atom. The zero-order chi connectivity index (χ0) is 50.7. The van der Waals surface area contributed by atoms with E-state index in [4.69, 9.17) is 0 Å². The lowest BCUT2D eigenvalue weighted by Gasteiger charge is -2.35. The molecule has 0 fully saturated rings. The molecule has 2 nitrogen and oxygen atoms in total. The minimum atomic E-state index is 0.0522. The van der Waals surface area contributed by atoms with Crippen LogP contribution in [-0.4, -0.2) is 6.71 Å². The van der Waals surface area contributed by atoms with Gasteiger partial charge in [0, 0.05) is 94.1 Å². The van der Waals surface area contributed by atoms with E-state index in [2.05, 4.69) is 264 Å². The van der Waals surface area contributed by atoms with Crippen LogP contribution in [0.15, 0.2) is 232 Å². The molecular weight excluding hydrogens is 984 g/mol. The second kappa shape index (κ2) is 17.8. The number of hydrogen-bond donors (Lipinski definition) is 0. The number of anilines is 6. The molecule has 0 saturated carbocycles. The minimum Gasteiger partial charge on any atom is -0.310 e. The lowest BCUT2D eigenvalue weighted by atomic mass is 9.36. The summed E-state index contributed by atoms with van der Waals surface area (Å²) < 4.78 is 5.37. The summed E-state index contributed by atoms with van der Waals surface area (Å²) in [4.78, 5) is 10.1.